The number of hydrogen-bond acceptors (Lipinski definition) is 7. The number of imide groups is 1. The van der Waals surface area contributed by atoms with Crippen molar-refractivity contribution in [2.45, 2.75) is 38.0 Å². The van der Waals surface area contributed by atoms with Crippen LogP contribution in [0.3, 0.4) is 0 Å². The minimum absolute atomic E-state index is 0.0364. The third-order valence-electron chi connectivity index (χ3n) is 6.19. The molecule has 2 aromatic rings. The Morgan fingerprint density at radius 2 is 1.51 bits per heavy atom. The third kappa shape index (κ3) is 4.99. The Morgan fingerprint density at radius 1 is 0.919 bits per heavy atom. The summed E-state index contributed by atoms with van der Waals surface area (Å²) in [6.45, 7) is -0.308. The zero-order valence-electron chi connectivity index (χ0n) is 19.5. The van der Waals surface area contributed by atoms with Gasteiger partial charge in [-0.05, 0) is 24.1 Å². The normalized spacial score (nSPS) is 17.5. The van der Waals surface area contributed by atoms with E-state index in [0.29, 0.717) is 14.9 Å². The molecule has 4 rings (SSSR count). The predicted molar refractivity (Wildman–Crippen MR) is 124 cm³/mol. The van der Waals surface area contributed by atoms with E-state index in [4.69, 9.17) is 4.74 Å². The average Bonchev–Trinajstić information content (AvgIpc) is 3.44. The Hall–Kier alpha value is -4.74. The van der Waals surface area contributed by atoms with Gasteiger partial charge >= 0.3 is 18.0 Å². The van der Waals surface area contributed by atoms with E-state index in [-0.39, 0.29) is 30.7 Å². The van der Waals surface area contributed by atoms with Gasteiger partial charge in [-0.3, -0.25) is 24.1 Å². The van der Waals surface area contributed by atoms with Gasteiger partial charge in [-0.15, -0.1) is 0 Å². The molecule has 2 N–H and O–H groups in total. The number of hydrogen-bond donors (Lipinski definition) is 2. The van der Waals surface area contributed by atoms with Crippen molar-refractivity contribution in [2.24, 2.45) is 0 Å². The maximum Gasteiger partial charge on any atom is 0.426 e. The van der Waals surface area contributed by atoms with Gasteiger partial charge in [-0.2, -0.15) is 0 Å². The highest BCUT2D eigenvalue weighted by Gasteiger charge is 2.49. The molecule has 4 amide bonds. The summed E-state index contributed by atoms with van der Waals surface area (Å²) >= 11 is 0. The summed E-state index contributed by atoms with van der Waals surface area (Å²) in [6.07, 6.45) is -2.54. The van der Waals surface area contributed by atoms with E-state index in [0.717, 1.165) is 5.56 Å². The number of amides is 4. The number of carbonyl (C=O) groups is 6. The lowest BCUT2D eigenvalue weighted by atomic mass is 10.1. The molecule has 2 aliphatic rings. The molecule has 1 fully saturated rings. The van der Waals surface area contributed by atoms with Crippen molar-refractivity contribution in [1.82, 2.24) is 14.9 Å². The van der Waals surface area contributed by atoms with Crippen LogP contribution in [0.5, 0.6) is 0 Å². The largest absolute Gasteiger partial charge is 0.480 e. The van der Waals surface area contributed by atoms with E-state index in [1.807, 2.05) is 0 Å². The zero-order chi connectivity index (χ0) is 26.7. The smallest absolute Gasteiger partial charge is 0.426 e. The number of benzene rings is 2. The molecule has 2 atom stereocenters. The number of ether oxygens (including phenoxy) is 1. The highest BCUT2D eigenvalue weighted by molar-refractivity contribution is 6.23. The van der Waals surface area contributed by atoms with Gasteiger partial charge in [0.1, 0.15) is 12.6 Å². The minimum atomic E-state index is -1.64. The van der Waals surface area contributed by atoms with Gasteiger partial charge in [0, 0.05) is 19.4 Å². The number of esters is 1. The van der Waals surface area contributed by atoms with Gasteiger partial charge < -0.3 is 14.9 Å². The van der Waals surface area contributed by atoms with Gasteiger partial charge in [-0.25, -0.2) is 19.6 Å². The fraction of sp³-hybridized carbons (Fsp3) is 0.280. The summed E-state index contributed by atoms with van der Waals surface area (Å²) in [5.74, 6) is -4.86. The van der Waals surface area contributed by atoms with E-state index < -0.39 is 60.7 Å². The third-order valence-corrected chi connectivity index (χ3v) is 6.19. The Morgan fingerprint density at radius 3 is 2.08 bits per heavy atom. The molecule has 0 aromatic heterocycles. The molecule has 2 heterocycles. The number of carboxylic acids is 1. The molecule has 37 heavy (non-hydrogen) atoms. The summed E-state index contributed by atoms with van der Waals surface area (Å²) < 4.78 is 5.23. The van der Waals surface area contributed by atoms with Crippen LogP contribution in [0.15, 0.2) is 54.6 Å². The standard InChI is InChI=1S/C25H23N3O9/c29-20(37-14-15-6-2-1-3-7-15)11-10-18(27-21(30)16-8-4-5-9-17(16)22(27)31)23(32)28-19(24(33)34)12-13-26(28)25(35)36/h1-9,18-19H,10-14H2,(H,33,34)(H,35,36). The summed E-state index contributed by atoms with van der Waals surface area (Å²) in [6, 6.07) is 11.6. The second-order valence-electron chi connectivity index (χ2n) is 8.46. The van der Waals surface area contributed by atoms with Crippen LogP contribution in [0.2, 0.25) is 0 Å². The maximum absolute atomic E-state index is 13.7. The molecule has 2 aromatic carbocycles. The SMILES string of the molecule is O=C(CCC(C(=O)N1C(C(=O)O)CCN1C(=O)O)N1C(=O)c2ccccc2C1=O)OCc1ccccc1. The molecule has 192 valence electrons. The van der Waals surface area contributed by atoms with Crippen molar-refractivity contribution >= 4 is 35.8 Å². The van der Waals surface area contributed by atoms with Crippen molar-refractivity contribution in [2.75, 3.05) is 6.54 Å². The molecule has 12 heteroatoms. The molecule has 0 bridgehead atoms. The van der Waals surface area contributed by atoms with Gasteiger partial charge in [0.25, 0.3) is 17.7 Å². The minimum Gasteiger partial charge on any atom is -0.480 e. The number of hydrazine groups is 1. The Balaban J connectivity index is 1.60. The monoisotopic (exact) mass is 509 g/mol. The van der Waals surface area contributed by atoms with E-state index in [1.165, 1.54) is 12.1 Å². The fourth-order valence-corrected chi connectivity index (χ4v) is 4.40. The lowest BCUT2D eigenvalue weighted by Gasteiger charge is -2.34. The van der Waals surface area contributed by atoms with Gasteiger partial charge in [0.05, 0.1) is 11.1 Å². The summed E-state index contributed by atoms with van der Waals surface area (Å²) in [4.78, 5) is 76.6. The van der Waals surface area contributed by atoms with Crippen LogP contribution in [-0.4, -0.2) is 79.5 Å². The number of nitrogens with zero attached hydrogens (tertiary/aromatic N) is 3. The first kappa shape index (κ1) is 25.4. The van der Waals surface area contributed by atoms with Gasteiger partial charge in [0.15, 0.2) is 6.04 Å². The highest BCUT2D eigenvalue weighted by atomic mass is 16.5. The fourth-order valence-electron chi connectivity index (χ4n) is 4.40. The molecule has 1 saturated heterocycles. The molecular weight excluding hydrogens is 486 g/mol. The van der Waals surface area contributed by atoms with Crippen molar-refractivity contribution in [3.63, 3.8) is 0 Å². The maximum atomic E-state index is 13.7. The second kappa shape index (κ2) is 10.5. The number of aliphatic carboxylic acids is 1. The number of carboxylic acid groups (broad SMARTS) is 2. The van der Waals surface area contributed by atoms with Crippen molar-refractivity contribution in [3.8, 4) is 0 Å². The van der Waals surface area contributed by atoms with Crippen LogP contribution in [0, 0.1) is 0 Å². The molecule has 0 saturated carbocycles. The van der Waals surface area contributed by atoms with Crippen LogP contribution < -0.4 is 0 Å². The summed E-state index contributed by atoms with van der Waals surface area (Å²) in [7, 11) is 0. The van der Waals surface area contributed by atoms with Crippen LogP contribution >= 0.6 is 0 Å². The zero-order valence-corrected chi connectivity index (χ0v) is 19.5. The Kier molecular flexibility index (Phi) is 7.18. The van der Waals surface area contributed by atoms with E-state index in [2.05, 4.69) is 0 Å². The quantitative estimate of drug-likeness (QED) is 0.399. The molecule has 0 radical (unpaired) electrons. The van der Waals surface area contributed by atoms with Crippen LogP contribution in [0.4, 0.5) is 4.79 Å². The summed E-state index contributed by atoms with van der Waals surface area (Å²) in [5.41, 5.74) is 0.814. The predicted octanol–water partition coefficient (Wildman–Crippen LogP) is 1.76. The lowest BCUT2D eigenvalue weighted by molar-refractivity contribution is -0.160. The van der Waals surface area contributed by atoms with E-state index >= 15 is 0 Å². The van der Waals surface area contributed by atoms with Gasteiger partial charge in [0.2, 0.25) is 0 Å². The second-order valence-corrected chi connectivity index (χ2v) is 8.46. The van der Waals surface area contributed by atoms with Crippen LogP contribution in [0.25, 0.3) is 0 Å². The molecular formula is C25H23N3O9. The first-order chi connectivity index (χ1) is 17.7. The molecule has 2 aliphatic heterocycles. The molecule has 0 spiro atoms. The molecule has 0 aliphatic carbocycles. The van der Waals surface area contributed by atoms with Gasteiger partial charge in [-0.1, -0.05) is 42.5 Å². The van der Waals surface area contributed by atoms with Crippen molar-refractivity contribution < 1.29 is 43.7 Å². The summed E-state index contributed by atoms with van der Waals surface area (Å²) in [5, 5.41) is 20.2. The molecule has 2 unspecified atom stereocenters. The number of rotatable bonds is 8. The Bertz CT molecular complexity index is 1210. The number of carbonyl (C=O) groups excluding carboxylic acids is 4. The first-order valence-electron chi connectivity index (χ1n) is 11.4. The van der Waals surface area contributed by atoms with Crippen molar-refractivity contribution in [1.29, 1.82) is 0 Å². The van der Waals surface area contributed by atoms with E-state index in [1.54, 1.807) is 42.5 Å². The highest BCUT2D eigenvalue weighted by Crippen LogP contribution is 2.29. The van der Waals surface area contributed by atoms with E-state index in [9.17, 15) is 39.0 Å². The van der Waals surface area contributed by atoms with Crippen molar-refractivity contribution in [3.05, 3.63) is 71.3 Å². The lowest BCUT2D eigenvalue weighted by Crippen LogP contribution is -2.58. The Labute approximate surface area is 210 Å². The topological polar surface area (TPSA) is 162 Å². The average molecular weight is 509 g/mol. The first-order valence-corrected chi connectivity index (χ1v) is 11.4. The molecule has 12 nitrogen and oxygen atoms in total. The van der Waals surface area contributed by atoms with Crippen LogP contribution in [0.1, 0.15) is 45.5 Å². The van der Waals surface area contributed by atoms with Crippen LogP contribution in [-0.2, 0) is 25.7 Å². The number of fused-ring (bicyclic) bond motifs is 1.